The van der Waals surface area contributed by atoms with Gasteiger partial charge in [-0.25, -0.2) is 0 Å². The van der Waals surface area contributed by atoms with Crippen LogP contribution in [0.3, 0.4) is 0 Å². The molecule has 0 amide bonds. The van der Waals surface area contributed by atoms with Gasteiger partial charge in [0.1, 0.15) is 0 Å². The van der Waals surface area contributed by atoms with Crippen LogP contribution in [0.15, 0.2) is 33.6 Å². The minimum absolute atomic E-state index is 0.302. The van der Waals surface area contributed by atoms with Crippen LogP contribution in [0.2, 0.25) is 0 Å². The number of thioether (sulfide) groups is 1. The summed E-state index contributed by atoms with van der Waals surface area (Å²) in [6.07, 6.45) is 1.97. The van der Waals surface area contributed by atoms with E-state index >= 15 is 0 Å². The van der Waals surface area contributed by atoms with E-state index in [0.717, 1.165) is 23.1 Å². The maximum Gasteiger partial charge on any atom is 0.0431 e. The fraction of sp³-hybridized carbons (Fsp3) is 0.400. The Kier molecular flexibility index (Phi) is 5.51. The Morgan fingerprint density at radius 1 is 1.23 bits per heavy atom. The van der Waals surface area contributed by atoms with Gasteiger partial charge in [0.05, 0.1) is 0 Å². The van der Waals surface area contributed by atoms with E-state index in [1.807, 2.05) is 30.0 Å². The fourth-order valence-corrected chi connectivity index (χ4v) is 2.54. The van der Waals surface area contributed by atoms with E-state index in [1.165, 1.54) is 4.90 Å². The van der Waals surface area contributed by atoms with Crippen molar-refractivity contribution in [2.45, 2.75) is 17.7 Å². The zero-order chi connectivity index (χ0) is 9.52. The van der Waals surface area contributed by atoms with Gasteiger partial charge in [-0.15, -0.1) is 11.8 Å². The molecule has 0 radical (unpaired) electrons. The molecule has 0 aliphatic heterocycles. The van der Waals surface area contributed by atoms with E-state index in [2.05, 4.69) is 22.0 Å². The summed E-state index contributed by atoms with van der Waals surface area (Å²) in [5.41, 5.74) is 0. The fourth-order valence-electron chi connectivity index (χ4n) is 0.958. The molecule has 3 heteroatoms. The molecule has 1 aromatic rings. The van der Waals surface area contributed by atoms with Crippen LogP contribution in [-0.4, -0.2) is 17.5 Å². The van der Waals surface area contributed by atoms with E-state index < -0.39 is 0 Å². The molecule has 1 nitrogen and oxygen atoms in total. The standard InChI is InChI=1S/C10H13BrOS/c11-9-5-1-2-6-10(9)13-8-4-3-7-12/h1-2,5-6,12H,3-4,7-8H2. The van der Waals surface area contributed by atoms with Crippen LogP contribution < -0.4 is 0 Å². The van der Waals surface area contributed by atoms with E-state index in [9.17, 15) is 0 Å². The molecule has 0 bridgehead atoms. The Labute approximate surface area is 91.7 Å². The van der Waals surface area contributed by atoms with Crippen LogP contribution in [0.25, 0.3) is 0 Å². The average Bonchev–Trinajstić information content (AvgIpc) is 2.15. The predicted molar refractivity (Wildman–Crippen MR) is 61.2 cm³/mol. The molecule has 1 rings (SSSR count). The molecule has 0 unspecified atom stereocenters. The molecule has 0 spiro atoms. The molecule has 0 saturated carbocycles. The SMILES string of the molecule is OCCCCSc1ccccc1Br. The third kappa shape index (κ3) is 4.16. The number of hydrogen-bond acceptors (Lipinski definition) is 2. The topological polar surface area (TPSA) is 20.2 Å². The summed E-state index contributed by atoms with van der Waals surface area (Å²) in [5.74, 6) is 1.07. The van der Waals surface area contributed by atoms with E-state index in [-0.39, 0.29) is 0 Å². The van der Waals surface area contributed by atoms with Gasteiger partial charge in [0.2, 0.25) is 0 Å². The van der Waals surface area contributed by atoms with Gasteiger partial charge in [0.25, 0.3) is 0 Å². The Morgan fingerprint density at radius 3 is 2.69 bits per heavy atom. The highest BCUT2D eigenvalue weighted by molar-refractivity contribution is 9.10. The van der Waals surface area contributed by atoms with Gasteiger partial charge in [-0.1, -0.05) is 12.1 Å². The first kappa shape index (κ1) is 11.1. The van der Waals surface area contributed by atoms with Crippen molar-refractivity contribution in [3.63, 3.8) is 0 Å². The highest BCUT2D eigenvalue weighted by Gasteiger charge is 1.97. The molecule has 0 aromatic heterocycles. The van der Waals surface area contributed by atoms with Gasteiger partial charge < -0.3 is 5.11 Å². The van der Waals surface area contributed by atoms with Crippen molar-refractivity contribution in [1.29, 1.82) is 0 Å². The van der Waals surface area contributed by atoms with Crippen molar-refractivity contribution >= 4 is 27.7 Å². The summed E-state index contributed by atoms with van der Waals surface area (Å²) >= 11 is 5.32. The largest absolute Gasteiger partial charge is 0.396 e. The monoisotopic (exact) mass is 260 g/mol. The van der Waals surface area contributed by atoms with Crippen LogP contribution in [0, 0.1) is 0 Å². The van der Waals surface area contributed by atoms with Crippen molar-refractivity contribution in [2.24, 2.45) is 0 Å². The number of hydrogen-bond donors (Lipinski definition) is 1. The summed E-state index contributed by atoms with van der Waals surface area (Å²) in [5, 5.41) is 8.60. The van der Waals surface area contributed by atoms with Crippen LogP contribution in [0.1, 0.15) is 12.8 Å². The lowest BCUT2D eigenvalue weighted by molar-refractivity contribution is 0.287. The number of unbranched alkanes of at least 4 members (excludes halogenated alkanes) is 1. The van der Waals surface area contributed by atoms with Gasteiger partial charge >= 0.3 is 0 Å². The number of rotatable bonds is 5. The van der Waals surface area contributed by atoms with Gasteiger partial charge in [0, 0.05) is 16.0 Å². The third-order valence-corrected chi connectivity index (χ3v) is 3.76. The highest BCUT2D eigenvalue weighted by Crippen LogP contribution is 2.27. The Bertz CT molecular complexity index is 252. The lowest BCUT2D eigenvalue weighted by Gasteiger charge is -2.02. The minimum atomic E-state index is 0.302. The first-order valence-corrected chi connectivity index (χ1v) is 6.10. The molecule has 72 valence electrons. The molecule has 0 atom stereocenters. The highest BCUT2D eigenvalue weighted by atomic mass is 79.9. The molecular formula is C10H13BrOS. The second kappa shape index (κ2) is 6.46. The molecule has 1 N–H and O–H groups in total. The van der Waals surface area contributed by atoms with Crippen molar-refractivity contribution < 1.29 is 5.11 Å². The Balaban J connectivity index is 2.32. The summed E-state index contributed by atoms with van der Waals surface area (Å²) in [6, 6.07) is 8.21. The summed E-state index contributed by atoms with van der Waals surface area (Å²) < 4.78 is 1.16. The predicted octanol–water partition coefficient (Wildman–Crippen LogP) is 3.31. The molecular weight excluding hydrogens is 248 g/mol. The number of halogens is 1. The van der Waals surface area contributed by atoms with Crippen LogP contribution in [-0.2, 0) is 0 Å². The van der Waals surface area contributed by atoms with E-state index in [1.54, 1.807) is 0 Å². The molecule has 1 aromatic carbocycles. The molecule has 0 aliphatic carbocycles. The Hall–Kier alpha value is 0.01000. The molecule has 0 fully saturated rings. The maximum atomic E-state index is 8.60. The third-order valence-electron chi connectivity index (χ3n) is 1.65. The smallest absolute Gasteiger partial charge is 0.0431 e. The van der Waals surface area contributed by atoms with Crippen molar-refractivity contribution in [2.75, 3.05) is 12.4 Å². The van der Waals surface area contributed by atoms with Crippen molar-refractivity contribution in [1.82, 2.24) is 0 Å². The molecule has 13 heavy (non-hydrogen) atoms. The van der Waals surface area contributed by atoms with Gasteiger partial charge in [-0.3, -0.25) is 0 Å². The van der Waals surface area contributed by atoms with E-state index in [0.29, 0.717) is 6.61 Å². The maximum absolute atomic E-state index is 8.60. The van der Waals surface area contributed by atoms with Gasteiger partial charge in [-0.2, -0.15) is 0 Å². The van der Waals surface area contributed by atoms with Crippen molar-refractivity contribution in [3.8, 4) is 0 Å². The lowest BCUT2D eigenvalue weighted by Crippen LogP contribution is -1.85. The number of aliphatic hydroxyl groups is 1. The van der Waals surface area contributed by atoms with Gasteiger partial charge in [-0.05, 0) is 46.7 Å². The molecule has 0 saturated heterocycles. The summed E-state index contributed by atoms with van der Waals surface area (Å²) in [4.78, 5) is 1.28. The second-order valence-electron chi connectivity index (χ2n) is 2.71. The average molecular weight is 261 g/mol. The molecule has 0 heterocycles. The van der Waals surface area contributed by atoms with E-state index in [4.69, 9.17) is 5.11 Å². The second-order valence-corrected chi connectivity index (χ2v) is 4.70. The van der Waals surface area contributed by atoms with Crippen LogP contribution in [0.4, 0.5) is 0 Å². The van der Waals surface area contributed by atoms with Crippen LogP contribution >= 0.6 is 27.7 Å². The number of aliphatic hydroxyl groups excluding tert-OH is 1. The van der Waals surface area contributed by atoms with Gasteiger partial charge in [0.15, 0.2) is 0 Å². The summed E-state index contributed by atoms with van der Waals surface area (Å²) in [7, 11) is 0. The van der Waals surface area contributed by atoms with Crippen molar-refractivity contribution in [3.05, 3.63) is 28.7 Å². The normalized spacial score (nSPS) is 10.3. The quantitative estimate of drug-likeness (QED) is 0.648. The first-order valence-electron chi connectivity index (χ1n) is 4.33. The lowest BCUT2D eigenvalue weighted by atomic mass is 10.4. The molecule has 0 aliphatic rings. The van der Waals surface area contributed by atoms with Crippen LogP contribution in [0.5, 0.6) is 0 Å². The number of benzene rings is 1. The zero-order valence-electron chi connectivity index (χ0n) is 7.37. The minimum Gasteiger partial charge on any atom is -0.396 e. The first-order chi connectivity index (χ1) is 6.34. The zero-order valence-corrected chi connectivity index (χ0v) is 9.77. The summed E-state index contributed by atoms with van der Waals surface area (Å²) in [6.45, 7) is 0.302. The Morgan fingerprint density at radius 2 is 2.00 bits per heavy atom.